The number of allylic oxidation sites excluding steroid dienone is 1. The van der Waals surface area contributed by atoms with Gasteiger partial charge in [-0.25, -0.2) is 0 Å². The number of fused-ring (bicyclic) bond motifs is 1. The maximum absolute atomic E-state index is 13.3. The van der Waals surface area contributed by atoms with Crippen LogP contribution in [0.4, 0.5) is 0 Å². The van der Waals surface area contributed by atoms with Crippen molar-refractivity contribution in [1.29, 1.82) is 0 Å². The van der Waals surface area contributed by atoms with Crippen molar-refractivity contribution in [1.82, 2.24) is 10.2 Å². The first-order valence-corrected chi connectivity index (χ1v) is 11.2. The Morgan fingerprint density at radius 2 is 2.10 bits per heavy atom. The van der Waals surface area contributed by atoms with Crippen LogP contribution in [0.2, 0.25) is 0 Å². The van der Waals surface area contributed by atoms with Crippen molar-refractivity contribution < 1.29 is 14.3 Å². The third-order valence-corrected chi connectivity index (χ3v) is 7.11. The van der Waals surface area contributed by atoms with Crippen LogP contribution in [0.25, 0.3) is 0 Å². The summed E-state index contributed by atoms with van der Waals surface area (Å²) in [6.45, 7) is 3.77. The molecule has 4 aliphatic rings. The van der Waals surface area contributed by atoms with E-state index >= 15 is 0 Å². The highest BCUT2D eigenvalue weighted by Crippen LogP contribution is 2.52. The van der Waals surface area contributed by atoms with Crippen LogP contribution in [0.1, 0.15) is 43.2 Å². The Hall–Kier alpha value is -2.40. The first-order chi connectivity index (χ1) is 14.6. The highest BCUT2D eigenvalue weighted by atomic mass is 16.5. The van der Waals surface area contributed by atoms with E-state index in [0.717, 1.165) is 24.8 Å². The Kier molecular flexibility index (Phi) is 5.02. The number of nitrogens with zero attached hydrogens (tertiary/aromatic N) is 1. The lowest BCUT2D eigenvalue weighted by Gasteiger charge is -2.23. The molecule has 1 spiro atoms. The van der Waals surface area contributed by atoms with Crippen molar-refractivity contribution in [3.63, 3.8) is 0 Å². The van der Waals surface area contributed by atoms with Gasteiger partial charge in [-0.15, -0.1) is 0 Å². The molecule has 5 rings (SSSR count). The number of aryl methyl sites for hydroxylation is 1. The maximum atomic E-state index is 13.3. The third-order valence-electron chi connectivity index (χ3n) is 7.11. The van der Waals surface area contributed by atoms with E-state index in [0.29, 0.717) is 19.6 Å². The van der Waals surface area contributed by atoms with Crippen molar-refractivity contribution in [2.75, 3.05) is 13.1 Å². The molecule has 5 nitrogen and oxygen atoms in total. The molecule has 1 aliphatic carbocycles. The van der Waals surface area contributed by atoms with E-state index in [1.807, 2.05) is 17.1 Å². The third kappa shape index (κ3) is 3.39. The molecule has 2 fully saturated rings. The second-order valence-electron chi connectivity index (χ2n) is 9.23. The van der Waals surface area contributed by atoms with Gasteiger partial charge in [0.25, 0.3) is 0 Å². The van der Waals surface area contributed by atoms with Gasteiger partial charge in [0.05, 0.1) is 24.5 Å². The molecule has 3 aliphatic heterocycles. The van der Waals surface area contributed by atoms with Crippen LogP contribution in [0.5, 0.6) is 0 Å². The number of benzene rings is 1. The van der Waals surface area contributed by atoms with E-state index in [1.165, 1.54) is 24.0 Å². The molecule has 2 bridgehead atoms. The van der Waals surface area contributed by atoms with E-state index in [1.54, 1.807) is 0 Å². The predicted molar refractivity (Wildman–Crippen MR) is 114 cm³/mol. The number of likely N-dealkylation sites (tertiary alicyclic amines) is 1. The molecule has 5 heteroatoms. The summed E-state index contributed by atoms with van der Waals surface area (Å²) in [6, 6.07) is 8.25. The topological polar surface area (TPSA) is 58.6 Å². The lowest BCUT2D eigenvalue weighted by molar-refractivity contribution is -0.137. The second kappa shape index (κ2) is 7.69. The van der Waals surface area contributed by atoms with Gasteiger partial charge in [-0.2, -0.15) is 0 Å². The van der Waals surface area contributed by atoms with Gasteiger partial charge in [-0.1, -0.05) is 53.6 Å². The summed E-state index contributed by atoms with van der Waals surface area (Å²) in [6.07, 6.45) is 11.8. The largest absolute Gasteiger partial charge is 0.360 e. The van der Waals surface area contributed by atoms with Crippen molar-refractivity contribution in [3.8, 4) is 0 Å². The number of carbonyl (C=O) groups excluding carboxylic acids is 2. The molecule has 30 heavy (non-hydrogen) atoms. The lowest BCUT2D eigenvalue weighted by Crippen LogP contribution is -2.44. The summed E-state index contributed by atoms with van der Waals surface area (Å²) in [7, 11) is 0. The smallest absolute Gasteiger partial charge is 0.230 e. The number of rotatable bonds is 6. The number of ether oxygens (including phenoxy) is 1. The fraction of sp³-hybridized carbons (Fsp3) is 0.520. The van der Waals surface area contributed by atoms with Gasteiger partial charge in [-0.3, -0.25) is 9.59 Å². The molecule has 2 amide bonds. The number of carbonyl (C=O) groups is 2. The van der Waals surface area contributed by atoms with Crippen LogP contribution >= 0.6 is 0 Å². The zero-order valence-corrected chi connectivity index (χ0v) is 17.6. The minimum Gasteiger partial charge on any atom is -0.360 e. The van der Waals surface area contributed by atoms with Gasteiger partial charge in [-0.05, 0) is 44.6 Å². The molecule has 1 aromatic rings. The number of nitrogens with one attached hydrogen (secondary N) is 1. The van der Waals surface area contributed by atoms with Crippen LogP contribution < -0.4 is 5.32 Å². The van der Waals surface area contributed by atoms with Crippen LogP contribution in [0.15, 0.2) is 48.1 Å². The summed E-state index contributed by atoms with van der Waals surface area (Å²) < 4.78 is 6.23. The first-order valence-electron chi connectivity index (χ1n) is 11.2. The maximum Gasteiger partial charge on any atom is 0.230 e. The van der Waals surface area contributed by atoms with Crippen molar-refractivity contribution >= 4 is 11.8 Å². The van der Waals surface area contributed by atoms with Gasteiger partial charge in [0.1, 0.15) is 5.60 Å². The zero-order valence-electron chi connectivity index (χ0n) is 17.6. The number of hydrogen-bond donors (Lipinski definition) is 1. The van der Waals surface area contributed by atoms with Crippen molar-refractivity contribution in [3.05, 3.63) is 59.2 Å². The summed E-state index contributed by atoms with van der Waals surface area (Å²) >= 11 is 0. The lowest BCUT2D eigenvalue weighted by atomic mass is 9.77. The molecule has 3 heterocycles. The quantitative estimate of drug-likeness (QED) is 0.738. The van der Waals surface area contributed by atoms with Gasteiger partial charge < -0.3 is 15.0 Å². The Labute approximate surface area is 178 Å². The van der Waals surface area contributed by atoms with Crippen LogP contribution in [-0.4, -0.2) is 41.5 Å². The average Bonchev–Trinajstić information content (AvgIpc) is 3.39. The Balaban J connectivity index is 1.25. The minimum atomic E-state index is -0.639. The normalized spacial score (nSPS) is 31.8. The Morgan fingerprint density at radius 1 is 1.27 bits per heavy atom. The van der Waals surface area contributed by atoms with Crippen LogP contribution in [0.3, 0.4) is 0 Å². The first kappa shape index (κ1) is 19.6. The molecule has 0 radical (unpaired) electrons. The Morgan fingerprint density at radius 3 is 2.87 bits per heavy atom. The molecule has 2 saturated heterocycles. The monoisotopic (exact) mass is 406 g/mol. The summed E-state index contributed by atoms with van der Waals surface area (Å²) in [5.41, 5.74) is 3.11. The van der Waals surface area contributed by atoms with E-state index in [-0.39, 0.29) is 17.9 Å². The molecule has 1 aromatic carbocycles. The summed E-state index contributed by atoms with van der Waals surface area (Å²) in [4.78, 5) is 28.2. The van der Waals surface area contributed by atoms with E-state index < -0.39 is 17.4 Å². The van der Waals surface area contributed by atoms with E-state index in [2.05, 4.69) is 42.6 Å². The molecule has 1 N–H and O–H groups in total. The summed E-state index contributed by atoms with van der Waals surface area (Å²) in [5.74, 6) is -0.839. The second-order valence-corrected chi connectivity index (χ2v) is 9.23. The minimum absolute atomic E-state index is 0.0394. The summed E-state index contributed by atoms with van der Waals surface area (Å²) in [5, 5.41) is 3.09. The van der Waals surface area contributed by atoms with Gasteiger partial charge >= 0.3 is 0 Å². The molecular weight excluding hydrogens is 376 g/mol. The van der Waals surface area contributed by atoms with Crippen LogP contribution in [-0.2, 0) is 20.9 Å². The Bertz CT molecular complexity index is 903. The van der Waals surface area contributed by atoms with Gasteiger partial charge in [0.15, 0.2) is 0 Å². The zero-order chi connectivity index (χ0) is 20.7. The molecule has 4 unspecified atom stereocenters. The van der Waals surface area contributed by atoms with Crippen molar-refractivity contribution in [2.24, 2.45) is 11.8 Å². The highest BCUT2D eigenvalue weighted by Gasteiger charge is 2.66. The standard InChI is InChI=1S/C25H30N2O3/c1-17-7-9-19(10-8-17)15-27-16-25-13-11-20(30-25)21(22(25)24(27)29)23(28)26-14-12-18-5-3-2-4-6-18/h5,7-11,13,20-22H,2-4,6,12,14-16H2,1H3,(H,26,28). The molecular formula is C25H30N2O3. The van der Waals surface area contributed by atoms with E-state index in [9.17, 15) is 9.59 Å². The van der Waals surface area contributed by atoms with E-state index in [4.69, 9.17) is 4.74 Å². The molecule has 0 aromatic heterocycles. The SMILES string of the molecule is Cc1ccc(CN2CC34C=CC(O3)C(C(=O)NCCC3=CCCCC3)C4C2=O)cc1. The molecule has 0 saturated carbocycles. The predicted octanol–water partition coefficient (Wildman–Crippen LogP) is 3.28. The molecule has 158 valence electrons. The van der Waals surface area contributed by atoms with Crippen molar-refractivity contribution in [2.45, 2.75) is 57.3 Å². The number of amides is 2. The number of hydrogen-bond acceptors (Lipinski definition) is 3. The fourth-order valence-corrected chi connectivity index (χ4v) is 5.52. The van der Waals surface area contributed by atoms with Crippen LogP contribution in [0, 0.1) is 18.8 Å². The average molecular weight is 407 g/mol. The van der Waals surface area contributed by atoms with Gasteiger partial charge in [0, 0.05) is 13.1 Å². The van der Waals surface area contributed by atoms with Gasteiger partial charge in [0.2, 0.25) is 11.8 Å². The highest BCUT2D eigenvalue weighted by molar-refractivity contribution is 5.93. The molecule has 4 atom stereocenters. The fourth-order valence-electron chi connectivity index (χ4n) is 5.52.